The van der Waals surface area contributed by atoms with Gasteiger partial charge in [0, 0.05) is 31.7 Å². The summed E-state index contributed by atoms with van der Waals surface area (Å²) in [5.41, 5.74) is 4.57. The molecule has 1 aliphatic heterocycles. The zero-order valence-electron chi connectivity index (χ0n) is 13.6. The molecule has 0 aliphatic carbocycles. The average molecular weight is 319 g/mol. The maximum Gasteiger partial charge on any atom is 0.271 e. The molecule has 0 bridgehead atoms. The molecule has 0 atom stereocenters. The molecule has 1 N–H and O–H groups in total. The van der Waals surface area contributed by atoms with Gasteiger partial charge in [0.1, 0.15) is 0 Å². The van der Waals surface area contributed by atoms with E-state index in [1.54, 1.807) is 4.68 Å². The summed E-state index contributed by atoms with van der Waals surface area (Å²) in [4.78, 5) is 15.1. The maximum atomic E-state index is 12.7. The highest BCUT2D eigenvalue weighted by Gasteiger charge is 2.22. The van der Waals surface area contributed by atoms with Crippen LogP contribution in [0.15, 0.2) is 65.5 Å². The summed E-state index contributed by atoms with van der Waals surface area (Å²) in [5.74, 6) is 0. The van der Waals surface area contributed by atoms with Crippen LogP contribution in [0.3, 0.4) is 0 Å². The Labute approximate surface area is 141 Å². The van der Waals surface area contributed by atoms with Crippen LogP contribution in [0.5, 0.6) is 0 Å². The largest absolute Gasteiger partial charge is 0.299 e. The fraction of sp³-hybridized carbons (Fsp3) is 0.250. The van der Waals surface area contributed by atoms with Crippen molar-refractivity contribution in [2.45, 2.75) is 26.1 Å². The molecule has 24 heavy (non-hydrogen) atoms. The van der Waals surface area contributed by atoms with Crippen LogP contribution in [0.4, 0.5) is 0 Å². The average Bonchev–Trinajstić information content (AvgIpc) is 2.93. The minimum absolute atomic E-state index is 0.117. The van der Waals surface area contributed by atoms with Crippen molar-refractivity contribution in [3.63, 3.8) is 0 Å². The van der Waals surface area contributed by atoms with Crippen LogP contribution in [0.2, 0.25) is 0 Å². The van der Waals surface area contributed by atoms with Gasteiger partial charge in [-0.05, 0) is 11.1 Å². The Morgan fingerprint density at radius 2 is 1.50 bits per heavy atom. The van der Waals surface area contributed by atoms with Gasteiger partial charge < -0.3 is 0 Å². The van der Waals surface area contributed by atoms with E-state index < -0.39 is 0 Å². The number of hydrogen-bond acceptors (Lipinski definition) is 2. The Hall–Kier alpha value is -2.59. The smallest absolute Gasteiger partial charge is 0.271 e. The molecule has 4 heteroatoms. The third-order valence-electron chi connectivity index (χ3n) is 4.63. The predicted molar refractivity (Wildman–Crippen MR) is 94.9 cm³/mol. The molecule has 1 aliphatic rings. The van der Waals surface area contributed by atoms with Crippen LogP contribution >= 0.6 is 0 Å². The van der Waals surface area contributed by atoms with Gasteiger partial charge in [0.2, 0.25) is 0 Å². The summed E-state index contributed by atoms with van der Waals surface area (Å²) in [6.07, 6.45) is 0.902. The number of nitrogens with one attached hydrogen (secondary N) is 1. The Morgan fingerprint density at radius 1 is 0.875 bits per heavy atom. The molecular formula is C20H21N3O. The number of hydrogen-bond donors (Lipinski definition) is 1. The van der Waals surface area contributed by atoms with E-state index in [-0.39, 0.29) is 5.56 Å². The summed E-state index contributed by atoms with van der Waals surface area (Å²) >= 11 is 0. The van der Waals surface area contributed by atoms with E-state index >= 15 is 0 Å². The summed E-state index contributed by atoms with van der Waals surface area (Å²) in [5, 5.41) is 3.31. The van der Waals surface area contributed by atoms with Gasteiger partial charge >= 0.3 is 0 Å². The summed E-state index contributed by atoms with van der Waals surface area (Å²) < 4.78 is 1.74. The predicted octanol–water partition coefficient (Wildman–Crippen LogP) is 2.78. The second-order valence-electron chi connectivity index (χ2n) is 6.39. The molecule has 0 spiro atoms. The van der Waals surface area contributed by atoms with Crippen molar-refractivity contribution < 1.29 is 0 Å². The van der Waals surface area contributed by atoms with Gasteiger partial charge in [0.15, 0.2) is 0 Å². The number of aromatic amines is 1. The minimum Gasteiger partial charge on any atom is -0.299 e. The van der Waals surface area contributed by atoms with Crippen molar-refractivity contribution in [3.8, 4) is 0 Å². The maximum absolute atomic E-state index is 12.7. The lowest BCUT2D eigenvalue weighted by Crippen LogP contribution is -2.32. The minimum atomic E-state index is 0.117. The fourth-order valence-electron chi connectivity index (χ4n) is 3.37. The molecule has 2 aromatic carbocycles. The zero-order chi connectivity index (χ0) is 16.4. The first-order valence-electron chi connectivity index (χ1n) is 8.40. The van der Waals surface area contributed by atoms with Gasteiger partial charge in [0.05, 0.1) is 12.1 Å². The standard InChI is InChI=1S/C20H21N3O/c24-20-18-15-22(13-16-7-3-1-4-8-16)12-11-19(18)21-23(20)14-17-9-5-2-6-10-17/h1-10,21H,11-15H2. The molecule has 0 saturated carbocycles. The summed E-state index contributed by atoms with van der Waals surface area (Å²) in [6, 6.07) is 20.5. The Balaban J connectivity index is 1.53. The third kappa shape index (κ3) is 3.05. The van der Waals surface area contributed by atoms with Gasteiger partial charge in [0.25, 0.3) is 5.56 Å². The third-order valence-corrected chi connectivity index (χ3v) is 4.63. The van der Waals surface area contributed by atoms with Crippen LogP contribution < -0.4 is 5.56 Å². The van der Waals surface area contributed by atoms with E-state index in [1.165, 1.54) is 5.56 Å². The lowest BCUT2D eigenvalue weighted by atomic mass is 10.1. The Morgan fingerprint density at radius 3 is 2.17 bits per heavy atom. The van der Waals surface area contributed by atoms with E-state index in [0.29, 0.717) is 6.54 Å². The second kappa shape index (κ2) is 6.49. The van der Waals surface area contributed by atoms with Crippen LogP contribution in [-0.4, -0.2) is 21.2 Å². The molecule has 1 aromatic heterocycles. The molecule has 0 unspecified atom stereocenters. The van der Waals surface area contributed by atoms with E-state index in [0.717, 1.165) is 42.9 Å². The zero-order valence-corrected chi connectivity index (χ0v) is 13.6. The molecule has 0 saturated heterocycles. The highest BCUT2D eigenvalue weighted by Crippen LogP contribution is 2.17. The van der Waals surface area contributed by atoms with Crippen LogP contribution in [-0.2, 0) is 26.1 Å². The first-order valence-corrected chi connectivity index (χ1v) is 8.40. The van der Waals surface area contributed by atoms with Gasteiger partial charge in [-0.2, -0.15) is 0 Å². The van der Waals surface area contributed by atoms with Crippen molar-refractivity contribution in [1.29, 1.82) is 0 Å². The van der Waals surface area contributed by atoms with Gasteiger partial charge in [-0.15, -0.1) is 0 Å². The number of H-pyrrole nitrogens is 1. The van der Waals surface area contributed by atoms with Crippen LogP contribution in [0.25, 0.3) is 0 Å². The second-order valence-corrected chi connectivity index (χ2v) is 6.39. The van der Waals surface area contributed by atoms with E-state index in [2.05, 4.69) is 34.3 Å². The molecule has 2 heterocycles. The summed E-state index contributed by atoms with van der Waals surface area (Å²) in [6.45, 7) is 3.20. The number of benzene rings is 2. The summed E-state index contributed by atoms with van der Waals surface area (Å²) in [7, 11) is 0. The molecule has 0 fully saturated rings. The first-order chi connectivity index (χ1) is 11.8. The van der Waals surface area contributed by atoms with Crippen LogP contribution in [0, 0.1) is 0 Å². The molecule has 4 rings (SSSR count). The molecule has 0 amide bonds. The van der Waals surface area contributed by atoms with Crippen molar-refractivity contribution in [2.24, 2.45) is 0 Å². The Kier molecular flexibility index (Phi) is 4.05. The lowest BCUT2D eigenvalue weighted by molar-refractivity contribution is 0.244. The van der Waals surface area contributed by atoms with Crippen LogP contribution in [0.1, 0.15) is 22.4 Å². The number of nitrogens with zero attached hydrogens (tertiary/aromatic N) is 2. The number of rotatable bonds is 4. The molecule has 3 aromatic rings. The van der Waals surface area contributed by atoms with Crippen molar-refractivity contribution >= 4 is 0 Å². The van der Waals surface area contributed by atoms with Gasteiger partial charge in [-0.1, -0.05) is 60.7 Å². The quantitative estimate of drug-likeness (QED) is 0.803. The first kappa shape index (κ1) is 15.0. The van der Waals surface area contributed by atoms with E-state index in [4.69, 9.17) is 0 Å². The van der Waals surface area contributed by atoms with E-state index in [9.17, 15) is 4.79 Å². The highest BCUT2D eigenvalue weighted by molar-refractivity contribution is 5.23. The Bertz CT molecular complexity index is 865. The molecular weight excluding hydrogens is 298 g/mol. The molecule has 122 valence electrons. The lowest BCUT2D eigenvalue weighted by Gasteiger charge is -2.25. The van der Waals surface area contributed by atoms with Gasteiger partial charge in [-0.3, -0.25) is 14.8 Å². The normalized spacial score (nSPS) is 14.5. The van der Waals surface area contributed by atoms with Crippen molar-refractivity contribution in [3.05, 3.63) is 93.4 Å². The van der Waals surface area contributed by atoms with E-state index in [1.807, 2.05) is 36.4 Å². The highest BCUT2D eigenvalue weighted by atomic mass is 16.1. The fourth-order valence-corrected chi connectivity index (χ4v) is 3.37. The molecule has 4 nitrogen and oxygen atoms in total. The molecule has 0 radical (unpaired) electrons. The number of aromatic nitrogens is 2. The monoisotopic (exact) mass is 319 g/mol. The van der Waals surface area contributed by atoms with Gasteiger partial charge in [-0.25, -0.2) is 4.68 Å². The number of fused-ring (bicyclic) bond motifs is 1. The topological polar surface area (TPSA) is 41.0 Å². The SMILES string of the molecule is O=c1c2c([nH]n1Cc1ccccc1)CCN(Cc1ccccc1)C2. The van der Waals surface area contributed by atoms with Crippen molar-refractivity contribution in [1.82, 2.24) is 14.7 Å². The van der Waals surface area contributed by atoms with Crippen molar-refractivity contribution in [2.75, 3.05) is 6.54 Å².